The van der Waals surface area contributed by atoms with Crippen molar-refractivity contribution in [2.24, 2.45) is 11.8 Å². The van der Waals surface area contributed by atoms with Crippen molar-refractivity contribution in [2.45, 2.75) is 38.2 Å². The van der Waals surface area contributed by atoms with E-state index in [1.54, 1.807) is 0 Å². The molecule has 1 nitrogen and oxygen atoms in total. The number of aliphatic hydroxyl groups is 1. The second-order valence-corrected chi connectivity index (χ2v) is 5.78. The molecule has 1 aromatic carbocycles. The summed E-state index contributed by atoms with van der Waals surface area (Å²) in [6, 6.07) is 5.97. The van der Waals surface area contributed by atoms with Crippen molar-refractivity contribution >= 4 is 11.6 Å². The summed E-state index contributed by atoms with van der Waals surface area (Å²) in [6.45, 7) is 2.03. The Labute approximate surface area is 101 Å². The van der Waals surface area contributed by atoms with Gasteiger partial charge in [-0.25, -0.2) is 0 Å². The molecule has 0 heterocycles. The topological polar surface area (TPSA) is 20.2 Å². The maximum atomic E-state index is 10.7. The highest BCUT2D eigenvalue weighted by Crippen LogP contribution is 2.64. The van der Waals surface area contributed by atoms with Crippen molar-refractivity contribution in [2.75, 3.05) is 0 Å². The van der Waals surface area contributed by atoms with E-state index in [0.717, 1.165) is 16.1 Å². The molecule has 0 radical (unpaired) electrons. The average Bonchev–Trinajstić information content (AvgIpc) is 2.86. The molecule has 2 fully saturated rings. The van der Waals surface area contributed by atoms with Crippen LogP contribution in [-0.4, -0.2) is 5.11 Å². The van der Waals surface area contributed by atoms with Crippen LogP contribution in [-0.2, 0) is 5.60 Å². The van der Waals surface area contributed by atoms with Crippen molar-refractivity contribution < 1.29 is 5.11 Å². The molecule has 1 aromatic rings. The average molecular weight is 237 g/mol. The predicted octanol–water partition coefficient (Wildman–Crippen LogP) is 3.66. The summed E-state index contributed by atoms with van der Waals surface area (Å²) in [6.07, 6.45) is 4.88. The van der Waals surface area contributed by atoms with Gasteiger partial charge in [-0.3, -0.25) is 0 Å². The third-order valence-corrected chi connectivity index (χ3v) is 4.51. The largest absolute Gasteiger partial charge is 0.385 e. The monoisotopic (exact) mass is 236 g/mol. The first-order valence-electron chi connectivity index (χ1n) is 6.12. The van der Waals surface area contributed by atoms with Crippen LogP contribution in [0.3, 0.4) is 0 Å². The summed E-state index contributed by atoms with van der Waals surface area (Å²) < 4.78 is 0. The third kappa shape index (κ3) is 1.42. The Morgan fingerprint density at radius 3 is 2.38 bits per heavy atom. The Hall–Kier alpha value is -0.530. The van der Waals surface area contributed by atoms with Crippen molar-refractivity contribution in [3.63, 3.8) is 0 Å². The number of halogens is 1. The van der Waals surface area contributed by atoms with E-state index >= 15 is 0 Å². The van der Waals surface area contributed by atoms with E-state index in [1.165, 1.54) is 25.7 Å². The Kier molecular flexibility index (Phi) is 2.31. The predicted molar refractivity (Wildman–Crippen MR) is 65.5 cm³/mol. The lowest BCUT2D eigenvalue weighted by Gasteiger charge is -2.12. The van der Waals surface area contributed by atoms with Gasteiger partial charge < -0.3 is 5.11 Å². The number of aryl methyl sites for hydroxylation is 1. The molecule has 2 heteroatoms. The van der Waals surface area contributed by atoms with E-state index < -0.39 is 5.60 Å². The summed E-state index contributed by atoms with van der Waals surface area (Å²) in [5.74, 6) is 0.971. The Morgan fingerprint density at radius 2 is 1.81 bits per heavy atom. The van der Waals surface area contributed by atoms with Crippen LogP contribution in [0.1, 0.15) is 36.8 Å². The number of hydrogen-bond donors (Lipinski definition) is 1. The zero-order valence-corrected chi connectivity index (χ0v) is 10.3. The van der Waals surface area contributed by atoms with E-state index in [0.29, 0.717) is 11.8 Å². The second kappa shape index (κ2) is 3.48. The van der Waals surface area contributed by atoms with Gasteiger partial charge in [-0.2, -0.15) is 0 Å². The molecule has 3 rings (SSSR count). The Balaban J connectivity index is 1.98. The molecular formula is C14H17ClO. The molecule has 0 bridgehead atoms. The van der Waals surface area contributed by atoms with Crippen LogP contribution >= 0.6 is 11.6 Å². The van der Waals surface area contributed by atoms with Crippen LogP contribution in [0.25, 0.3) is 0 Å². The summed E-state index contributed by atoms with van der Waals surface area (Å²) in [7, 11) is 0. The molecule has 2 aliphatic rings. The van der Waals surface area contributed by atoms with Gasteiger partial charge in [0.15, 0.2) is 0 Å². The first kappa shape index (κ1) is 10.6. The molecule has 0 saturated heterocycles. The third-order valence-electron chi connectivity index (χ3n) is 4.29. The minimum absolute atomic E-state index is 0.485. The van der Waals surface area contributed by atoms with Gasteiger partial charge in [0.05, 0.1) is 5.60 Å². The van der Waals surface area contributed by atoms with Gasteiger partial charge in [-0.15, -0.1) is 0 Å². The van der Waals surface area contributed by atoms with Gasteiger partial charge in [0.25, 0.3) is 0 Å². The van der Waals surface area contributed by atoms with Crippen LogP contribution in [0.15, 0.2) is 18.2 Å². The fourth-order valence-electron chi connectivity index (χ4n) is 3.49. The normalized spacial score (nSPS) is 36.9. The van der Waals surface area contributed by atoms with Crippen molar-refractivity contribution in [3.05, 3.63) is 34.3 Å². The van der Waals surface area contributed by atoms with Gasteiger partial charge in [0.1, 0.15) is 0 Å². The lowest BCUT2D eigenvalue weighted by Crippen LogP contribution is -2.10. The minimum atomic E-state index is -0.563. The molecule has 0 aromatic heterocycles. The van der Waals surface area contributed by atoms with E-state index in [1.807, 2.05) is 19.1 Å². The molecule has 0 amide bonds. The fourth-order valence-corrected chi connectivity index (χ4v) is 3.78. The number of hydrogen-bond acceptors (Lipinski definition) is 1. The molecule has 2 unspecified atom stereocenters. The van der Waals surface area contributed by atoms with Gasteiger partial charge in [0.2, 0.25) is 0 Å². The summed E-state index contributed by atoms with van der Waals surface area (Å²) in [4.78, 5) is 0. The van der Waals surface area contributed by atoms with Crippen LogP contribution in [0.4, 0.5) is 0 Å². The highest BCUT2D eigenvalue weighted by Gasteiger charge is 2.64. The molecule has 1 N–H and O–H groups in total. The van der Waals surface area contributed by atoms with Gasteiger partial charge in [-0.1, -0.05) is 30.5 Å². The van der Waals surface area contributed by atoms with Crippen molar-refractivity contribution in [3.8, 4) is 0 Å². The number of benzene rings is 1. The quantitative estimate of drug-likeness (QED) is 0.789. The Morgan fingerprint density at radius 1 is 1.19 bits per heavy atom. The molecule has 86 valence electrons. The van der Waals surface area contributed by atoms with Gasteiger partial charge in [0, 0.05) is 5.02 Å². The van der Waals surface area contributed by atoms with Crippen LogP contribution in [0.2, 0.25) is 5.02 Å². The zero-order valence-electron chi connectivity index (χ0n) is 9.54. The number of rotatable bonds is 1. The van der Waals surface area contributed by atoms with Crippen molar-refractivity contribution in [1.29, 1.82) is 0 Å². The molecule has 16 heavy (non-hydrogen) atoms. The van der Waals surface area contributed by atoms with Gasteiger partial charge >= 0.3 is 0 Å². The van der Waals surface area contributed by atoms with Crippen LogP contribution in [0.5, 0.6) is 0 Å². The second-order valence-electron chi connectivity index (χ2n) is 5.34. The highest BCUT2D eigenvalue weighted by atomic mass is 35.5. The standard InChI is InChI=1S/C14H17ClO/c1-9-6-10(8-11(15)7-9)14(16)12-4-2-3-5-13(12)14/h6-8,12-13,16H,2-5H2,1H3. The molecule has 0 aliphatic heterocycles. The maximum Gasteiger partial charge on any atom is 0.0960 e. The highest BCUT2D eigenvalue weighted by molar-refractivity contribution is 6.30. The van der Waals surface area contributed by atoms with Crippen LogP contribution < -0.4 is 0 Å². The summed E-state index contributed by atoms with van der Waals surface area (Å²) in [5.41, 5.74) is 1.61. The van der Waals surface area contributed by atoms with Crippen LogP contribution in [0, 0.1) is 18.8 Å². The first-order valence-corrected chi connectivity index (χ1v) is 6.50. The summed E-state index contributed by atoms with van der Waals surface area (Å²) >= 11 is 6.07. The number of fused-ring (bicyclic) bond motifs is 1. The maximum absolute atomic E-state index is 10.7. The van der Waals surface area contributed by atoms with E-state index in [9.17, 15) is 5.11 Å². The lowest BCUT2D eigenvalue weighted by atomic mass is 10.0. The molecular weight excluding hydrogens is 220 g/mol. The minimum Gasteiger partial charge on any atom is -0.385 e. The molecule has 0 spiro atoms. The first-order chi connectivity index (χ1) is 7.62. The SMILES string of the molecule is Cc1cc(Cl)cc(C2(O)C3CCCCC32)c1. The molecule has 2 atom stereocenters. The Bertz CT molecular complexity index is 394. The van der Waals surface area contributed by atoms with Crippen molar-refractivity contribution in [1.82, 2.24) is 0 Å². The zero-order chi connectivity index (χ0) is 11.3. The summed E-state index contributed by atoms with van der Waals surface area (Å²) in [5, 5.41) is 11.5. The lowest BCUT2D eigenvalue weighted by molar-refractivity contribution is 0.118. The van der Waals surface area contributed by atoms with E-state index in [-0.39, 0.29) is 0 Å². The molecule has 2 saturated carbocycles. The van der Waals surface area contributed by atoms with E-state index in [2.05, 4.69) is 6.07 Å². The van der Waals surface area contributed by atoms with Gasteiger partial charge in [-0.05, 0) is 54.9 Å². The fraction of sp³-hybridized carbons (Fsp3) is 0.571. The molecule has 2 aliphatic carbocycles. The smallest absolute Gasteiger partial charge is 0.0960 e. The van der Waals surface area contributed by atoms with E-state index in [4.69, 9.17) is 11.6 Å².